The van der Waals surface area contributed by atoms with E-state index in [0.29, 0.717) is 0 Å². The van der Waals surface area contributed by atoms with Crippen molar-refractivity contribution in [2.75, 3.05) is 12.5 Å². The molecular weight excluding hydrogens is 360 g/mol. The quantitative estimate of drug-likeness (QED) is 0.491. The molecule has 0 aromatic rings. The van der Waals surface area contributed by atoms with Crippen molar-refractivity contribution in [1.82, 2.24) is 0 Å². The van der Waals surface area contributed by atoms with E-state index in [1.165, 1.54) is 57.8 Å². The van der Waals surface area contributed by atoms with Crippen LogP contribution in [0.5, 0.6) is 0 Å². The maximum absolute atomic E-state index is 2.21. The van der Waals surface area contributed by atoms with Crippen LogP contribution in [0, 0.1) is 57.8 Å². The summed E-state index contributed by atoms with van der Waals surface area (Å²) in [6, 6.07) is 0. The first-order chi connectivity index (χ1) is 10.2. The van der Waals surface area contributed by atoms with Gasteiger partial charge in [0.05, 0.1) is 0 Å². The molecule has 2 saturated carbocycles. The van der Waals surface area contributed by atoms with Gasteiger partial charge >= 0.3 is 0 Å². The molecule has 0 N–H and O–H groups in total. The molecule has 2 aliphatic rings. The van der Waals surface area contributed by atoms with Gasteiger partial charge in [0.25, 0.3) is 0 Å². The van der Waals surface area contributed by atoms with Gasteiger partial charge < -0.3 is 0 Å². The third-order valence-corrected chi connectivity index (χ3v) is 7.19. The summed E-state index contributed by atoms with van der Waals surface area (Å²) >= 11 is 3.71. The van der Waals surface area contributed by atoms with Crippen LogP contribution in [0.2, 0.25) is 0 Å². The Hall–Kier alpha value is 1.22. The molecule has 2 aliphatic carbocycles. The van der Waals surface area contributed by atoms with Gasteiger partial charge in [0.2, 0.25) is 0 Å². The van der Waals surface area contributed by atoms with Crippen molar-refractivity contribution in [2.24, 2.45) is 0 Å². The third-order valence-electron chi connectivity index (χ3n) is 5.15. The fraction of sp³-hybridized carbons (Fsp3) is 0.500. The van der Waals surface area contributed by atoms with Gasteiger partial charge in [0, 0.05) is 27.6 Å². The number of hydrogen-bond acceptors (Lipinski definition) is 2. The molecule has 23 heavy (non-hydrogen) atoms. The van der Waals surface area contributed by atoms with Crippen LogP contribution in [-0.2, 0) is 17.1 Å². The largest absolute Gasteiger partial charge is 0.156 e. The summed E-state index contributed by atoms with van der Waals surface area (Å²) in [5.41, 5.74) is 0. The molecule has 0 nitrogen and oxygen atoms in total. The van der Waals surface area contributed by atoms with Gasteiger partial charge in [-0.05, 0) is 59.9 Å². The van der Waals surface area contributed by atoms with Gasteiger partial charge in [-0.25, -0.2) is 0 Å². The third kappa shape index (κ3) is 5.11. The Labute approximate surface area is 166 Å². The first kappa shape index (κ1) is 24.2. The molecule has 0 atom stereocenters. The summed E-state index contributed by atoms with van der Waals surface area (Å²) in [6.45, 7) is 17.7. The van der Waals surface area contributed by atoms with Gasteiger partial charge in [-0.2, -0.15) is 23.5 Å². The first-order valence-electron chi connectivity index (χ1n) is 7.72. The van der Waals surface area contributed by atoms with E-state index in [-0.39, 0.29) is 17.1 Å². The topological polar surface area (TPSA) is 0 Å². The predicted octanol–water partition coefficient (Wildman–Crippen LogP) is 6.54. The van der Waals surface area contributed by atoms with Crippen LogP contribution in [-0.4, -0.2) is 12.5 Å². The summed E-state index contributed by atoms with van der Waals surface area (Å²) < 4.78 is 0. The number of thioether (sulfide) groups is 2. The van der Waals surface area contributed by atoms with Crippen molar-refractivity contribution in [3.05, 3.63) is 57.8 Å². The van der Waals surface area contributed by atoms with Crippen LogP contribution >= 0.6 is 23.5 Å². The summed E-state index contributed by atoms with van der Waals surface area (Å²) in [5.74, 6) is 11.7. The molecular formula is C20H30FeS2. The monoisotopic (exact) mass is 390 g/mol. The molecule has 0 saturated heterocycles. The van der Waals surface area contributed by atoms with E-state index in [0.717, 1.165) is 0 Å². The maximum Gasteiger partial charge on any atom is 0.0445 e. The molecule has 0 heterocycles. The van der Waals surface area contributed by atoms with Crippen LogP contribution in [0.1, 0.15) is 55.4 Å². The fourth-order valence-electron chi connectivity index (χ4n) is 2.98. The molecule has 0 aromatic carbocycles. The van der Waals surface area contributed by atoms with Crippen LogP contribution in [0.3, 0.4) is 0 Å². The molecule has 130 valence electrons. The van der Waals surface area contributed by atoms with Crippen molar-refractivity contribution in [3.8, 4) is 0 Å². The van der Waals surface area contributed by atoms with Crippen molar-refractivity contribution in [1.29, 1.82) is 0 Å². The summed E-state index contributed by atoms with van der Waals surface area (Å²) in [4.78, 5) is 0. The maximum atomic E-state index is 2.21. The molecule has 0 aliphatic heterocycles. The Balaban J connectivity index is 0.000000403. The molecule has 0 amide bonds. The van der Waals surface area contributed by atoms with Gasteiger partial charge in [0.1, 0.15) is 0 Å². The molecule has 2 fully saturated rings. The molecule has 3 heteroatoms. The Bertz CT molecular complexity index is 276. The van der Waals surface area contributed by atoms with Gasteiger partial charge in [-0.3, -0.25) is 0 Å². The normalized spacial score (nSPS) is 25.8. The predicted molar refractivity (Wildman–Crippen MR) is 105 cm³/mol. The van der Waals surface area contributed by atoms with E-state index in [2.05, 4.69) is 67.9 Å². The van der Waals surface area contributed by atoms with Crippen LogP contribution < -0.4 is 0 Å². The zero-order chi connectivity index (χ0) is 17.2. The minimum Gasteiger partial charge on any atom is -0.156 e. The molecule has 0 aromatic heterocycles. The van der Waals surface area contributed by atoms with Gasteiger partial charge in [-0.15, -0.1) is 0 Å². The van der Waals surface area contributed by atoms with Crippen molar-refractivity contribution in [3.63, 3.8) is 0 Å². The van der Waals surface area contributed by atoms with E-state index in [1.54, 1.807) is 0 Å². The minimum atomic E-state index is 0. The number of hydrogen-bond donors (Lipinski definition) is 0. The average molecular weight is 390 g/mol. The Kier molecular flexibility index (Phi) is 10.9. The standard InChI is InChI=1S/2C10H15S.Fe/c2*1-6-7(2)9(4)10(11-5)8(6)3;/h2*1-5H3;. The average Bonchev–Trinajstić information content (AvgIpc) is 2.81. The van der Waals surface area contributed by atoms with E-state index < -0.39 is 0 Å². The molecule has 10 radical (unpaired) electrons. The Morgan fingerprint density at radius 1 is 0.391 bits per heavy atom. The van der Waals surface area contributed by atoms with Crippen LogP contribution in [0.15, 0.2) is 0 Å². The Morgan fingerprint density at radius 2 is 0.565 bits per heavy atom. The van der Waals surface area contributed by atoms with Crippen molar-refractivity contribution in [2.45, 2.75) is 55.4 Å². The summed E-state index contributed by atoms with van der Waals surface area (Å²) in [5, 5.41) is 2.94. The second-order valence-corrected chi connectivity index (χ2v) is 7.70. The molecule has 0 unspecified atom stereocenters. The van der Waals surface area contributed by atoms with E-state index in [4.69, 9.17) is 0 Å². The fourth-order valence-corrected chi connectivity index (χ4v) is 4.82. The van der Waals surface area contributed by atoms with Crippen molar-refractivity contribution >= 4 is 23.5 Å². The smallest absolute Gasteiger partial charge is 0.0445 e. The molecule has 2 rings (SSSR count). The first-order valence-corrected chi connectivity index (χ1v) is 10.2. The summed E-state index contributed by atoms with van der Waals surface area (Å²) in [6.07, 6.45) is 4.29. The van der Waals surface area contributed by atoms with Crippen LogP contribution in [0.25, 0.3) is 0 Å². The van der Waals surface area contributed by atoms with Gasteiger partial charge in [0.15, 0.2) is 0 Å². The van der Waals surface area contributed by atoms with Gasteiger partial charge in [-0.1, -0.05) is 55.4 Å². The SMILES string of the molecule is CS[C]1[C](C)[C](C)[C](C)[C]1C.CS[C]1[C](C)[C](C)[C](C)[C]1C.[Fe]. The summed E-state index contributed by atoms with van der Waals surface area (Å²) in [7, 11) is 0. The Morgan fingerprint density at radius 3 is 0.652 bits per heavy atom. The number of rotatable bonds is 2. The second-order valence-electron chi connectivity index (χ2n) is 6.07. The second kappa shape index (κ2) is 10.4. The van der Waals surface area contributed by atoms with E-state index >= 15 is 0 Å². The van der Waals surface area contributed by atoms with Crippen molar-refractivity contribution < 1.29 is 17.1 Å². The minimum absolute atomic E-state index is 0. The molecule has 0 bridgehead atoms. The van der Waals surface area contributed by atoms with E-state index in [9.17, 15) is 0 Å². The van der Waals surface area contributed by atoms with Crippen LogP contribution in [0.4, 0.5) is 0 Å². The zero-order valence-electron chi connectivity index (χ0n) is 16.2. The zero-order valence-corrected chi connectivity index (χ0v) is 18.9. The molecule has 0 spiro atoms. The van der Waals surface area contributed by atoms with E-state index in [1.807, 2.05) is 23.5 Å².